The number of thiophene rings is 1. The number of aliphatic carboxylic acids is 1. The first-order valence-corrected chi connectivity index (χ1v) is 13.4. The molecule has 3 aliphatic carbocycles. The maximum atomic E-state index is 14.1. The average Bonchev–Trinajstić information content (AvgIpc) is 3.53. The zero-order valence-electron chi connectivity index (χ0n) is 19.8. The van der Waals surface area contributed by atoms with Crippen LogP contribution in [0.5, 0.6) is 0 Å². The van der Waals surface area contributed by atoms with Gasteiger partial charge in [0.2, 0.25) is 0 Å². The van der Waals surface area contributed by atoms with Crippen molar-refractivity contribution in [1.82, 2.24) is 19.9 Å². The molecule has 186 valence electrons. The standard InChI is InChI=1S/C28H24FN5O2S/c29-17-10-18-19(13-31-26(18)30-12-17)27-32-20(22-9-16-3-1-2-4-21(16)37-22)11-23(34-27)33-25-15-7-5-14(6-8-15)24(25)28(35)36/h1-4,9-15,24-25H,5-8H2,(H,30,31)(H,35,36)(H,32,33,34). The molecule has 7 nitrogen and oxygen atoms in total. The number of carboxylic acid groups (broad SMARTS) is 1. The van der Waals surface area contributed by atoms with Crippen molar-refractivity contribution in [3.05, 3.63) is 60.7 Å². The molecule has 2 bridgehead atoms. The third-order valence-electron chi connectivity index (χ3n) is 7.96. The van der Waals surface area contributed by atoms with Gasteiger partial charge >= 0.3 is 5.97 Å². The number of nitrogens with one attached hydrogen (secondary N) is 2. The molecule has 0 saturated heterocycles. The van der Waals surface area contributed by atoms with Gasteiger partial charge in [-0.25, -0.2) is 19.3 Å². The topological polar surface area (TPSA) is 104 Å². The highest BCUT2D eigenvalue weighted by Gasteiger charge is 2.47. The Kier molecular flexibility index (Phi) is 5.21. The Morgan fingerprint density at radius 2 is 1.89 bits per heavy atom. The first-order valence-electron chi connectivity index (χ1n) is 12.5. The summed E-state index contributed by atoms with van der Waals surface area (Å²) in [5.74, 6) is -0.123. The maximum Gasteiger partial charge on any atom is 0.308 e. The van der Waals surface area contributed by atoms with E-state index in [-0.39, 0.29) is 12.0 Å². The van der Waals surface area contributed by atoms with Crippen molar-refractivity contribution in [2.75, 3.05) is 5.32 Å². The van der Waals surface area contributed by atoms with Crippen molar-refractivity contribution in [1.29, 1.82) is 0 Å². The number of pyridine rings is 1. The quantitative estimate of drug-likeness (QED) is 0.253. The number of rotatable bonds is 5. The van der Waals surface area contributed by atoms with E-state index in [1.54, 1.807) is 17.5 Å². The number of hydrogen-bond donors (Lipinski definition) is 3. The second kappa shape index (κ2) is 8.62. The molecule has 9 heteroatoms. The predicted molar refractivity (Wildman–Crippen MR) is 142 cm³/mol. The molecule has 1 aromatic carbocycles. The van der Waals surface area contributed by atoms with E-state index in [1.165, 1.54) is 12.3 Å². The predicted octanol–water partition coefficient (Wildman–Crippen LogP) is 6.34. The van der Waals surface area contributed by atoms with Gasteiger partial charge in [-0.05, 0) is 61.1 Å². The van der Waals surface area contributed by atoms with Gasteiger partial charge in [-0.2, -0.15) is 0 Å². The van der Waals surface area contributed by atoms with Crippen molar-refractivity contribution >= 4 is 44.2 Å². The van der Waals surface area contributed by atoms with Gasteiger partial charge in [0, 0.05) is 34.0 Å². The van der Waals surface area contributed by atoms with E-state index in [0.717, 1.165) is 46.3 Å². The van der Waals surface area contributed by atoms with Crippen molar-refractivity contribution in [2.45, 2.75) is 31.7 Å². The molecule has 3 aliphatic rings. The van der Waals surface area contributed by atoms with Crippen LogP contribution in [0, 0.1) is 23.6 Å². The molecule has 4 aromatic heterocycles. The lowest BCUT2D eigenvalue weighted by molar-refractivity contribution is -0.148. The van der Waals surface area contributed by atoms with E-state index >= 15 is 0 Å². The minimum atomic E-state index is -0.746. The molecular weight excluding hydrogens is 489 g/mol. The fourth-order valence-corrected chi connectivity index (χ4v) is 7.25. The number of fused-ring (bicyclic) bond motifs is 5. The Bertz CT molecular complexity index is 1620. The Morgan fingerprint density at radius 1 is 1.08 bits per heavy atom. The zero-order valence-corrected chi connectivity index (χ0v) is 20.6. The van der Waals surface area contributed by atoms with Crippen LogP contribution >= 0.6 is 11.3 Å². The van der Waals surface area contributed by atoms with Crippen LogP contribution in [0.1, 0.15) is 25.7 Å². The molecule has 3 fully saturated rings. The summed E-state index contributed by atoms with van der Waals surface area (Å²) < 4.78 is 15.2. The Balaban J connectivity index is 1.36. The molecule has 0 amide bonds. The summed E-state index contributed by atoms with van der Waals surface area (Å²) >= 11 is 1.64. The van der Waals surface area contributed by atoms with Gasteiger partial charge in [0.25, 0.3) is 0 Å². The van der Waals surface area contributed by atoms with Crippen molar-refractivity contribution in [3.8, 4) is 22.0 Å². The summed E-state index contributed by atoms with van der Waals surface area (Å²) in [5, 5.41) is 15.3. The van der Waals surface area contributed by atoms with Crippen molar-refractivity contribution in [3.63, 3.8) is 0 Å². The lowest BCUT2D eigenvalue weighted by Crippen LogP contribution is -2.51. The molecule has 3 N–H and O–H groups in total. The number of anilines is 1. The molecule has 5 aromatic rings. The number of carboxylic acids is 1. The van der Waals surface area contributed by atoms with Gasteiger partial charge in [-0.3, -0.25) is 4.79 Å². The van der Waals surface area contributed by atoms with E-state index in [1.807, 2.05) is 18.2 Å². The summed E-state index contributed by atoms with van der Waals surface area (Å²) in [6.45, 7) is 0. The van der Waals surface area contributed by atoms with Gasteiger partial charge in [-0.1, -0.05) is 18.2 Å². The first-order chi connectivity index (χ1) is 18.0. The van der Waals surface area contributed by atoms with Crippen LogP contribution in [-0.2, 0) is 4.79 Å². The van der Waals surface area contributed by atoms with Crippen LogP contribution in [-0.4, -0.2) is 37.1 Å². The lowest BCUT2D eigenvalue weighted by Gasteiger charge is -2.47. The third-order valence-corrected chi connectivity index (χ3v) is 9.10. The molecule has 2 atom stereocenters. The highest BCUT2D eigenvalue weighted by atomic mass is 32.1. The third kappa shape index (κ3) is 3.85. The van der Waals surface area contributed by atoms with Gasteiger partial charge in [-0.15, -0.1) is 11.3 Å². The van der Waals surface area contributed by atoms with Crippen molar-refractivity contribution in [2.24, 2.45) is 17.8 Å². The van der Waals surface area contributed by atoms with Crippen molar-refractivity contribution < 1.29 is 14.3 Å². The monoisotopic (exact) mass is 513 g/mol. The number of H-pyrrole nitrogens is 1. The van der Waals surface area contributed by atoms with Gasteiger partial charge in [0.15, 0.2) is 5.82 Å². The fourth-order valence-electron chi connectivity index (χ4n) is 6.22. The highest BCUT2D eigenvalue weighted by Crippen LogP contribution is 2.46. The summed E-state index contributed by atoms with van der Waals surface area (Å²) in [5.41, 5.74) is 1.94. The van der Waals surface area contributed by atoms with E-state index in [4.69, 9.17) is 9.97 Å². The van der Waals surface area contributed by atoms with E-state index in [2.05, 4.69) is 33.5 Å². The summed E-state index contributed by atoms with van der Waals surface area (Å²) in [4.78, 5) is 30.2. The summed E-state index contributed by atoms with van der Waals surface area (Å²) in [7, 11) is 0. The van der Waals surface area contributed by atoms with Crippen LogP contribution in [0.15, 0.2) is 54.9 Å². The van der Waals surface area contributed by atoms with Crippen LogP contribution in [0.4, 0.5) is 10.2 Å². The number of carbonyl (C=O) groups is 1. The normalized spacial score (nSPS) is 23.1. The number of aromatic amines is 1. The lowest BCUT2D eigenvalue weighted by atomic mass is 9.61. The molecule has 4 heterocycles. The molecule has 8 rings (SSSR count). The van der Waals surface area contributed by atoms with E-state index in [0.29, 0.717) is 34.2 Å². The van der Waals surface area contributed by atoms with Crippen LogP contribution < -0.4 is 5.32 Å². The number of nitrogens with zero attached hydrogens (tertiary/aromatic N) is 3. The SMILES string of the molecule is O=C(O)C1C2CCC(CC2)C1Nc1cc(-c2cc3ccccc3s2)nc(-c2c[nH]c3ncc(F)cc23)n1. The summed E-state index contributed by atoms with van der Waals surface area (Å²) in [6.07, 6.45) is 6.91. The highest BCUT2D eigenvalue weighted by molar-refractivity contribution is 7.22. The molecular formula is C28H24FN5O2S. The second-order valence-corrected chi connectivity index (χ2v) is 11.2. The van der Waals surface area contributed by atoms with E-state index < -0.39 is 17.7 Å². The molecule has 37 heavy (non-hydrogen) atoms. The molecule has 0 radical (unpaired) electrons. The Morgan fingerprint density at radius 3 is 2.70 bits per heavy atom. The molecule has 2 unspecified atom stereocenters. The largest absolute Gasteiger partial charge is 0.481 e. The minimum Gasteiger partial charge on any atom is -0.481 e. The summed E-state index contributed by atoms with van der Waals surface area (Å²) in [6, 6.07) is 13.4. The number of benzene rings is 1. The minimum absolute atomic E-state index is 0.186. The number of aromatic nitrogens is 4. The Labute approximate surface area is 215 Å². The smallest absolute Gasteiger partial charge is 0.308 e. The van der Waals surface area contributed by atoms with Gasteiger partial charge in [0.1, 0.15) is 17.3 Å². The maximum absolute atomic E-state index is 14.1. The fraction of sp³-hybridized carbons (Fsp3) is 0.286. The number of halogens is 1. The average molecular weight is 514 g/mol. The molecule has 3 saturated carbocycles. The van der Waals surface area contributed by atoms with E-state index in [9.17, 15) is 14.3 Å². The second-order valence-electron chi connectivity index (χ2n) is 10.1. The number of hydrogen-bond acceptors (Lipinski definition) is 6. The van der Waals surface area contributed by atoms with Crippen LogP contribution in [0.25, 0.3) is 43.1 Å². The molecule has 0 aliphatic heterocycles. The first kappa shape index (κ1) is 22.4. The van der Waals surface area contributed by atoms with Gasteiger partial charge in [0.05, 0.1) is 22.7 Å². The van der Waals surface area contributed by atoms with Crippen LogP contribution in [0.2, 0.25) is 0 Å². The van der Waals surface area contributed by atoms with Gasteiger partial charge < -0.3 is 15.4 Å². The Hall–Kier alpha value is -3.85. The van der Waals surface area contributed by atoms with Crippen LogP contribution in [0.3, 0.4) is 0 Å². The zero-order chi connectivity index (χ0) is 25.1. The molecule has 0 spiro atoms.